The maximum absolute atomic E-state index is 8.25. The summed E-state index contributed by atoms with van der Waals surface area (Å²) in [5, 5.41) is 21.0. The summed E-state index contributed by atoms with van der Waals surface area (Å²) in [5.41, 5.74) is 0. The molecule has 0 atom stereocenters. The molecule has 14 heavy (non-hydrogen) atoms. The molecule has 0 bridgehead atoms. The molecular formula is C8H29O4Ti2. The van der Waals surface area contributed by atoms with Crippen LogP contribution < -0.4 is 0 Å². The van der Waals surface area contributed by atoms with Crippen molar-refractivity contribution in [3.8, 4) is 0 Å². The number of aliphatic hydroxyl groups excluding tert-OH is 3. The molecule has 93 valence electrons. The predicted octanol–water partition coefficient (Wildman–Crippen LogP) is 1.32. The average Bonchev–Trinajstić information content (AvgIpc) is 2.03. The topological polar surface area (TPSA) is 77.8 Å². The molecule has 0 aromatic rings. The monoisotopic (exact) mass is 285 g/mol. The second-order valence-corrected chi connectivity index (χ2v) is 0. The first-order chi connectivity index (χ1) is 4.00. The normalized spacial score (nSPS) is 1.71. The van der Waals surface area contributed by atoms with Crippen molar-refractivity contribution in [1.82, 2.24) is 0 Å². The van der Waals surface area contributed by atoms with Crippen molar-refractivity contribution < 1.29 is 60.8 Å². The molecule has 4 nitrogen and oxygen atoms in total. The number of aliphatic hydroxyl groups is 3. The maximum atomic E-state index is 8.25. The van der Waals surface area contributed by atoms with Crippen molar-refractivity contribution in [2.45, 2.75) is 14.9 Å². The van der Waals surface area contributed by atoms with E-state index in [9.17, 15) is 0 Å². The summed E-state index contributed by atoms with van der Waals surface area (Å²) < 4.78 is 8.25. The Morgan fingerprint density at radius 2 is 0.643 bits per heavy atom. The Morgan fingerprint density at radius 1 is 0.643 bits per heavy atom. The van der Waals surface area contributed by atoms with Crippen LogP contribution >= 0.6 is 0 Å². The predicted molar refractivity (Wildman–Crippen MR) is 57.8 cm³/mol. The zero-order valence-electron chi connectivity index (χ0n) is 8.75. The van der Waals surface area contributed by atoms with Crippen LogP contribution in [-0.4, -0.2) is 36.6 Å². The van der Waals surface area contributed by atoms with Gasteiger partial charge in [0.2, 0.25) is 0 Å². The molecule has 0 unspecified atom stereocenters. The van der Waals surface area contributed by atoms with Gasteiger partial charge in [-0.2, -0.15) is 0 Å². The first kappa shape index (κ1) is 115. The molecule has 6 heteroatoms. The molecule has 0 aromatic heterocycles. The van der Waals surface area contributed by atoms with E-state index in [1.54, 1.807) is 0 Å². The van der Waals surface area contributed by atoms with E-state index in [-0.39, 0.29) is 58.9 Å². The Bertz CT molecular complexity index is 19.3. The minimum absolute atomic E-state index is 0. The van der Waals surface area contributed by atoms with Crippen LogP contribution in [0.15, 0.2) is 0 Å². The number of hydrogen-bond acceptors (Lipinski definition) is 4. The summed E-state index contributed by atoms with van der Waals surface area (Å²) in [5.74, 6) is 0. The van der Waals surface area contributed by atoms with Gasteiger partial charge in [-0.1, -0.05) is 14.9 Å². The Hall–Kier alpha value is 1.11. The van der Waals surface area contributed by atoms with Crippen LogP contribution in [0.2, 0.25) is 0 Å². The summed E-state index contributed by atoms with van der Waals surface area (Å²) in [7, 11) is 3.00. The molecule has 0 amide bonds. The van der Waals surface area contributed by atoms with E-state index in [4.69, 9.17) is 18.6 Å². The first-order valence-electron chi connectivity index (χ1n) is 1.55. The van der Waals surface area contributed by atoms with Crippen molar-refractivity contribution in [2.75, 3.05) is 21.3 Å². The van der Waals surface area contributed by atoms with Gasteiger partial charge in [0.25, 0.3) is 0 Å². The van der Waals surface area contributed by atoms with Gasteiger partial charge in [0.15, 0.2) is 0 Å². The van der Waals surface area contributed by atoms with Gasteiger partial charge in [0.1, 0.15) is 0 Å². The van der Waals surface area contributed by atoms with E-state index >= 15 is 0 Å². The third-order valence-electron chi connectivity index (χ3n) is 0. The summed E-state index contributed by atoms with van der Waals surface area (Å²) in [6, 6.07) is 0. The summed E-state index contributed by atoms with van der Waals surface area (Å²) in [4.78, 5) is 0. The van der Waals surface area contributed by atoms with Crippen molar-refractivity contribution in [3.63, 3.8) is 0 Å². The molecule has 0 radical (unpaired) electrons. The van der Waals surface area contributed by atoms with Crippen molar-refractivity contribution >= 4 is 0 Å². The quantitative estimate of drug-likeness (QED) is 0.463. The van der Waals surface area contributed by atoms with E-state index < -0.39 is 0 Å². The SMILES string of the molecule is C.C.CO.CO.CO.[CH3-].[CH3-].[CH3-].[O]=[Ti+].[Ti+2]. The van der Waals surface area contributed by atoms with Gasteiger partial charge in [-0.3, -0.25) is 0 Å². The molecule has 0 aromatic carbocycles. The minimum atomic E-state index is 0. The van der Waals surface area contributed by atoms with Gasteiger partial charge in [-0.25, -0.2) is 0 Å². The molecule has 0 aliphatic heterocycles. The molecule has 3 N–H and O–H groups in total. The second-order valence-electron chi connectivity index (χ2n) is 0. The van der Waals surface area contributed by atoms with Crippen LogP contribution in [0.3, 0.4) is 0 Å². The van der Waals surface area contributed by atoms with Gasteiger partial charge in [-0.05, 0) is 0 Å². The van der Waals surface area contributed by atoms with Crippen LogP contribution in [0.25, 0.3) is 0 Å². The smallest absolute Gasteiger partial charge is 2.00 e. The average molecular weight is 285 g/mol. The zero-order valence-corrected chi connectivity index (χ0v) is 11.9. The Morgan fingerprint density at radius 3 is 0.643 bits per heavy atom. The molecule has 0 saturated heterocycles. The van der Waals surface area contributed by atoms with Crippen LogP contribution in [0.5, 0.6) is 0 Å². The van der Waals surface area contributed by atoms with Gasteiger partial charge in [0.05, 0.1) is 0 Å². The molecule has 0 rings (SSSR count). The second kappa shape index (κ2) is 1970. The fourth-order valence-electron chi connectivity index (χ4n) is 0. The molecule has 0 heterocycles. The van der Waals surface area contributed by atoms with Gasteiger partial charge < -0.3 is 37.6 Å². The molecule has 0 saturated carbocycles. The molecule has 0 aliphatic carbocycles. The van der Waals surface area contributed by atoms with Crippen molar-refractivity contribution in [3.05, 3.63) is 22.3 Å². The van der Waals surface area contributed by atoms with E-state index in [2.05, 4.69) is 0 Å². The summed E-state index contributed by atoms with van der Waals surface area (Å²) in [6.07, 6.45) is 0. The zero-order chi connectivity index (χ0) is 8.00. The summed E-state index contributed by atoms with van der Waals surface area (Å²) >= 11 is 0.750. The van der Waals surface area contributed by atoms with Crippen molar-refractivity contribution in [1.29, 1.82) is 0 Å². The van der Waals surface area contributed by atoms with Crippen LogP contribution in [-0.2, 0) is 45.4 Å². The van der Waals surface area contributed by atoms with Gasteiger partial charge in [0, 0.05) is 21.3 Å². The Labute approximate surface area is 119 Å². The largest absolute Gasteiger partial charge is 2.00 e. The third-order valence-corrected chi connectivity index (χ3v) is 0. The number of rotatable bonds is 0. The fraction of sp³-hybridized carbons (Fsp3) is 0.625. The molecule has 0 fully saturated rings. The van der Waals surface area contributed by atoms with Gasteiger partial charge >= 0.3 is 45.4 Å². The van der Waals surface area contributed by atoms with Crippen molar-refractivity contribution in [2.24, 2.45) is 0 Å². The standard InChI is InChI=1S/3CH4O.2CH4.3CH3.O.2Ti/c3*1-2;;;;;;;;/h3*2H,1H3;2*1H4;3*1H3;;;/q;;;;;3*-1;;+1;+2. The van der Waals surface area contributed by atoms with E-state index in [1.165, 1.54) is 0 Å². The Kier molecular flexibility index (Phi) is 16200. The summed E-state index contributed by atoms with van der Waals surface area (Å²) in [6.45, 7) is 0. The third kappa shape index (κ3) is 1560. The van der Waals surface area contributed by atoms with E-state index in [1.807, 2.05) is 0 Å². The number of hydrogen-bond donors (Lipinski definition) is 3. The minimum Gasteiger partial charge on any atom is 2.00 e. The molecular weight excluding hydrogens is 256 g/mol. The fourth-order valence-corrected chi connectivity index (χ4v) is 0. The van der Waals surface area contributed by atoms with E-state index in [0.717, 1.165) is 41.7 Å². The van der Waals surface area contributed by atoms with E-state index in [0.29, 0.717) is 0 Å². The van der Waals surface area contributed by atoms with Crippen LogP contribution in [0, 0.1) is 22.3 Å². The first-order valence-corrected chi connectivity index (χ1v) is 2.18. The van der Waals surface area contributed by atoms with Crippen LogP contribution in [0.1, 0.15) is 14.9 Å². The van der Waals surface area contributed by atoms with Crippen LogP contribution in [0.4, 0.5) is 0 Å². The molecule has 0 spiro atoms. The maximum Gasteiger partial charge on any atom is 2.00 e. The Balaban J connectivity index is -0.00000000167. The van der Waals surface area contributed by atoms with Gasteiger partial charge in [-0.15, -0.1) is 0 Å². The molecule has 0 aliphatic rings.